The van der Waals surface area contributed by atoms with E-state index in [-0.39, 0.29) is 5.41 Å². The number of rotatable bonds is 12. The van der Waals surface area contributed by atoms with Gasteiger partial charge in [0.05, 0.1) is 11.4 Å². The van der Waals surface area contributed by atoms with E-state index in [2.05, 4.69) is 129 Å². The van der Waals surface area contributed by atoms with Gasteiger partial charge in [-0.2, -0.15) is 0 Å². The molecule has 0 fully saturated rings. The Morgan fingerprint density at radius 3 is 1.71 bits per heavy atom. The minimum absolute atomic E-state index is 0.0936. The topological polar surface area (TPSA) is 12.4 Å². The van der Waals surface area contributed by atoms with Crippen LogP contribution in [-0.2, 0) is 5.41 Å². The highest BCUT2D eigenvalue weighted by atomic mass is 14.8. The highest BCUT2D eigenvalue weighted by Gasteiger charge is 2.42. The van der Waals surface area contributed by atoms with Gasteiger partial charge in [-0.15, -0.1) is 0 Å². The number of nitrogens with zero attached hydrogens (tertiary/aromatic N) is 1. The lowest BCUT2D eigenvalue weighted by molar-refractivity contribution is 0.401. The van der Waals surface area contributed by atoms with E-state index < -0.39 is 0 Å². The summed E-state index contributed by atoms with van der Waals surface area (Å²) in [6, 6.07) is 42.8. The summed E-state index contributed by atoms with van der Waals surface area (Å²) >= 11 is 0. The van der Waals surface area contributed by atoms with Crippen molar-refractivity contribution in [2.45, 2.75) is 83.5 Å². The quantitative estimate of drug-likeness (QED) is 0.126. The van der Waals surface area contributed by atoms with Gasteiger partial charge in [0.2, 0.25) is 0 Å². The van der Waals surface area contributed by atoms with E-state index in [1.165, 1.54) is 109 Å². The second-order valence-electron chi connectivity index (χ2n) is 13.1. The summed E-state index contributed by atoms with van der Waals surface area (Å²) in [4.78, 5) is 5.20. The molecule has 5 aromatic rings. The molecule has 0 aromatic heterocycles. The second kappa shape index (κ2) is 13.0. The zero-order valence-electron chi connectivity index (χ0n) is 27.0. The first kappa shape index (κ1) is 29.5. The van der Waals surface area contributed by atoms with Crippen molar-refractivity contribution in [3.63, 3.8) is 0 Å². The molecule has 5 aromatic carbocycles. The molecule has 1 nitrogen and oxygen atoms in total. The number of unbranched alkanes of at least 4 members (excludes halogenated alkanes) is 6. The standard InChI is InChI=1S/C44H45N/c1-3-5-7-16-28-44(29-17-8-6-4-2)41-23-15-14-21-37(41)38-27-25-33(31-42(38)44)32-24-26-36-35-20-12-13-22-39(35)43(40(36)30-32)45-34-18-10-9-11-19-34/h9-15,18-27,30-31H,3-8,16-17,28-29H2,1-2H3. The Hall–Kier alpha value is -4.23. The van der Waals surface area contributed by atoms with Crippen LogP contribution in [0.1, 0.15) is 100 Å². The molecule has 0 spiro atoms. The Bertz CT molecular complexity index is 1810. The fraction of sp³-hybridized carbons (Fsp3) is 0.295. The average Bonchev–Trinajstić information content (AvgIpc) is 3.55. The Balaban J connectivity index is 1.33. The van der Waals surface area contributed by atoms with Crippen LogP contribution in [0.4, 0.5) is 5.69 Å². The molecular weight excluding hydrogens is 542 g/mol. The molecule has 0 radical (unpaired) electrons. The van der Waals surface area contributed by atoms with E-state index in [9.17, 15) is 0 Å². The van der Waals surface area contributed by atoms with Crippen molar-refractivity contribution in [1.29, 1.82) is 0 Å². The van der Waals surface area contributed by atoms with Crippen LogP contribution in [0.15, 0.2) is 120 Å². The van der Waals surface area contributed by atoms with Crippen molar-refractivity contribution >= 4 is 11.4 Å². The molecule has 0 atom stereocenters. The van der Waals surface area contributed by atoms with Gasteiger partial charge in [0.25, 0.3) is 0 Å². The first-order chi connectivity index (χ1) is 22.2. The lowest BCUT2D eigenvalue weighted by Crippen LogP contribution is -2.25. The molecule has 0 saturated heterocycles. The highest BCUT2D eigenvalue weighted by Crippen LogP contribution is 2.55. The Labute approximate surface area is 270 Å². The van der Waals surface area contributed by atoms with Crippen LogP contribution in [0, 0.1) is 0 Å². The van der Waals surface area contributed by atoms with Crippen molar-refractivity contribution < 1.29 is 0 Å². The van der Waals surface area contributed by atoms with Gasteiger partial charge in [-0.25, -0.2) is 4.99 Å². The maximum absolute atomic E-state index is 5.20. The monoisotopic (exact) mass is 587 g/mol. The molecule has 7 rings (SSSR count). The van der Waals surface area contributed by atoms with Gasteiger partial charge >= 0.3 is 0 Å². The molecule has 0 aliphatic heterocycles. The van der Waals surface area contributed by atoms with Crippen LogP contribution in [-0.4, -0.2) is 5.71 Å². The predicted molar refractivity (Wildman–Crippen MR) is 193 cm³/mol. The number of hydrogen-bond acceptors (Lipinski definition) is 1. The van der Waals surface area contributed by atoms with Crippen molar-refractivity contribution in [2.24, 2.45) is 4.99 Å². The maximum atomic E-state index is 5.20. The summed E-state index contributed by atoms with van der Waals surface area (Å²) < 4.78 is 0. The minimum Gasteiger partial charge on any atom is -0.248 e. The van der Waals surface area contributed by atoms with Gasteiger partial charge in [0.1, 0.15) is 0 Å². The van der Waals surface area contributed by atoms with Crippen LogP contribution < -0.4 is 0 Å². The third-order valence-electron chi connectivity index (χ3n) is 10.3. The third kappa shape index (κ3) is 5.48. The van der Waals surface area contributed by atoms with Gasteiger partial charge in [0.15, 0.2) is 0 Å². The number of hydrogen-bond donors (Lipinski definition) is 0. The number of benzene rings is 5. The fourth-order valence-electron chi connectivity index (χ4n) is 7.98. The van der Waals surface area contributed by atoms with Crippen molar-refractivity contribution in [3.8, 4) is 33.4 Å². The summed E-state index contributed by atoms with van der Waals surface area (Å²) in [5, 5.41) is 0. The molecule has 0 unspecified atom stereocenters. The van der Waals surface area contributed by atoms with Crippen molar-refractivity contribution in [2.75, 3.05) is 0 Å². The van der Waals surface area contributed by atoms with Crippen molar-refractivity contribution in [1.82, 2.24) is 0 Å². The molecule has 0 N–H and O–H groups in total. The molecule has 226 valence electrons. The SMILES string of the molecule is CCCCCCC1(CCCCCC)c2ccccc2-c2ccc(-c3ccc4c(c3)C(=Nc3ccccc3)c3ccccc3-4)cc21. The lowest BCUT2D eigenvalue weighted by Gasteiger charge is -2.33. The van der Waals surface area contributed by atoms with E-state index in [1.54, 1.807) is 11.1 Å². The summed E-state index contributed by atoms with van der Waals surface area (Å²) in [5.41, 5.74) is 15.7. The first-order valence-corrected chi connectivity index (χ1v) is 17.4. The predicted octanol–water partition coefficient (Wildman–Crippen LogP) is 12.7. The normalized spacial score (nSPS) is 14.7. The van der Waals surface area contributed by atoms with E-state index in [0.29, 0.717) is 0 Å². The van der Waals surface area contributed by atoms with Gasteiger partial charge in [0, 0.05) is 16.5 Å². The Kier molecular flexibility index (Phi) is 8.53. The largest absolute Gasteiger partial charge is 0.248 e. The van der Waals surface area contributed by atoms with Gasteiger partial charge in [-0.3, -0.25) is 0 Å². The molecule has 0 heterocycles. The summed E-state index contributed by atoms with van der Waals surface area (Å²) in [7, 11) is 0. The maximum Gasteiger partial charge on any atom is 0.0794 e. The Morgan fingerprint density at radius 1 is 0.444 bits per heavy atom. The highest BCUT2D eigenvalue weighted by molar-refractivity contribution is 6.25. The third-order valence-corrected chi connectivity index (χ3v) is 10.3. The molecule has 0 amide bonds. The average molecular weight is 588 g/mol. The van der Waals surface area contributed by atoms with Crippen LogP contribution in [0.25, 0.3) is 33.4 Å². The smallest absolute Gasteiger partial charge is 0.0794 e. The number of para-hydroxylation sites is 1. The number of aliphatic imine (C=N–C) groups is 1. The number of fused-ring (bicyclic) bond motifs is 6. The zero-order valence-corrected chi connectivity index (χ0v) is 27.0. The molecule has 0 bridgehead atoms. The minimum atomic E-state index is 0.0936. The van der Waals surface area contributed by atoms with Crippen molar-refractivity contribution in [3.05, 3.63) is 138 Å². The van der Waals surface area contributed by atoms with Gasteiger partial charge < -0.3 is 0 Å². The summed E-state index contributed by atoms with van der Waals surface area (Å²) in [6.07, 6.45) is 12.9. The van der Waals surface area contributed by atoms with Crippen LogP contribution >= 0.6 is 0 Å². The Morgan fingerprint density at radius 2 is 1.00 bits per heavy atom. The molecule has 2 aliphatic rings. The molecule has 1 heteroatoms. The lowest BCUT2D eigenvalue weighted by atomic mass is 9.70. The molecule has 2 aliphatic carbocycles. The summed E-state index contributed by atoms with van der Waals surface area (Å²) in [6.45, 7) is 4.64. The molecular formula is C44H45N. The van der Waals surface area contributed by atoms with E-state index >= 15 is 0 Å². The van der Waals surface area contributed by atoms with Gasteiger partial charge in [-0.1, -0.05) is 156 Å². The fourth-order valence-corrected chi connectivity index (χ4v) is 7.98. The van der Waals surface area contributed by atoms with Crippen LogP contribution in [0.5, 0.6) is 0 Å². The van der Waals surface area contributed by atoms with E-state index in [0.717, 1.165) is 11.4 Å². The van der Waals surface area contributed by atoms with E-state index in [4.69, 9.17) is 4.99 Å². The van der Waals surface area contributed by atoms with Gasteiger partial charge in [-0.05, 0) is 81.6 Å². The zero-order chi connectivity index (χ0) is 30.6. The molecule has 45 heavy (non-hydrogen) atoms. The van der Waals surface area contributed by atoms with Crippen LogP contribution in [0.3, 0.4) is 0 Å². The molecule has 0 saturated carbocycles. The van der Waals surface area contributed by atoms with Crippen LogP contribution in [0.2, 0.25) is 0 Å². The first-order valence-electron chi connectivity index (χ1n) is 17.4. The second-order valence-corrected chi connectivity index (χ2v) is 13.1. The van der Waals surface area contributed by atoms with E-state index in [1.807, 2.05) is 0 Å². The summed E-state index contributed by atoms with van der Waals surface area (Å²) in [5.74, 6) is 0.